The Labute approximate surface area is 883 Å². The highest BCUT2D eigenvalue weighted by atomic mass is 16.7. The summed E-state index contributed by atoms with van der Waals surface area (Å²) in [5.41, 5.74) is -3.46. The second-order valence-corrected chi connectivity index (χ2v) is 50.5. The molecule has 0 bridgehead atoms. The molecule has 28 heteroatoms. The largest absolute Gasteiger partial charge is 0.341 e. The zero-order valence-corrected chi connectivity index (χ0v) is 99.9. The van der Waals surface area contributed by atoms with E-state index in [0.29, 0.717) is 39.6 Å². The molecule has 832 valence electrons. The van der Waals surface area contributed by atoms with E-state index in [2.05, 4.69) is 312 Å². The van der Waals surface area contributed by atoms with E-state index in [1.165, 1.54) is 0 Å². The number of rotatable bonds is 68. The maximum atomic E-state index is 7.06. The average Bonchev–Trinajstić information content (AvgIpc) is 0.745. The first kappa shape index (κ1) is 124. The lowest BCUT2D eigenvalue weighted by Gasteiger charge is -2.57. The minimum absolute atomic E-state index is 0.0237. The van der Waals surface area contributed by atoms with E-state index in [0.717, 1.165) is 376 Å². The van der Waals surface area contributed by atoms with Crippen molar-refractivity contribution in [2.45, 2.75) is 584 Å². The van der Waals surface area contributed by atoms with E-state index in [1.54, 1.807) is 0 Å². The molecule has 28 nitrogen and oxygen atoms in total. The van der Waals surface area contributed by atoms with Crippen molar-refractivity contribution in [3.05, 3.63) is 0 Å². The molecule has 3 aromatic heterocycles. The Morgan fingerprint density at radius 2 is 0.375 bits per heavy atom. The van der Waals surface area contributed by atoms with Crippen LogP contribution in [0.4, 0.5) is 53.5 Å². The van der Waals surface area contributed by atoms with Gasteiger partial charge in [-0.05, 0) is 312 Å². The molecule has 8 rings (SSSR count). The molecule has 0 aromatic carbocycles. The van der Waals surface area contributed by atoms with Crippen LogP contribution in [0, 0.1) is 0 Å². The Hall–Kier alpha value is -5.17. The Kier molecular flexibility index (Phi) is 49.5. The summed E-state index contributed by atoms with van der Waals surface area (Å²) in [6.07, 6.45) is 38.8. The van der Waals surface area contributed by atoms with Crippen LogP contribution in [0.2, 0.25) is 0 Å². The molecule has 8 heterocycles. The fourth-order valence-electron chi connectivity index (χ4n) is 25.5. The van der Waals surface area contributed by atoms with E-state index >= 15 is 0 Å². The van der Waals surface area contributed by atoms with Gasteiger partial charge in [-0.1, -0.05) is 180 Å². The van der Waals surface area contributed by atoms with E-state index in [1.807, 2.05) is 0 Å². The molecule has 5 aliphatic rings. The highest BCUT2D eigenvalue weighted by Crippen LogP contribution is 2.50. The van der Waals surface area contributed by atoms with Crippen LogP contribution in [0.1, 0.15) is 493 Å². The van der Waals surface area contributed by atoms with Crippen molar-refractivity contribution in [3.8, 4) is 0 Å². The zero-order valence-electron chi connectivity index (χ0n) is 99.9. The predicted octanol–water partition coefficient (Wildman–Crippen LogP) is 26.6. The lowest BCUT2D eigenvalue weighted by Crippen LogP contribution is -2.67. The molecule has 1 atom stereocenters. The summed E-state index contributed by atoms with van der Waals surface area (Å²) in [7, 11) is 0. The maximum Gasteiger partial charge on any atom is 0.232 e. The molecule has 0 amide bonds. The quantitative estimate of drug-likeness (QED) is 0.0481. The van der Waals surface area contributed by atoms with Crippen LogP contribution >= 0.6 is 0 Å². The summed E-state index contributed by atoms with van der Waals surface area (Å²) >= 11 is 0. The molecule has 5 fully saturated rings. The smallest absolute Gasteiger partial charge is 0.232 e. The highest BCUT2D eigenvalue weighted by molar-refractivity contribution is 5.53. The first-order valence-corrected chi connectivity index (χ1v) is 59.5. The third kappa shape index (κ3) is 34.2. The molecule has 0 saturated carbocycles. The summed E-state index contributed by atoms with van der Waals surface area (Å²) < 4.78 is 0. The van der Waals surface area contributed by atoms with Gasteiger partial charge in [-0.15, -0.1) is 0 Å². The van der Waals surface area contributed by atoms with Gasteiger partial charge < -0.3 is 44.1 Å². The highest BCUT2D eigenvalue weighted by Gasteiger charge is 2.56. The van der Waals surface area contributed by atoms with Gasteiger partial charge in [0.15, 0.2) is 0 Å². The summed E-state index contributed by atoms with van der Waals surface area (Å²) in [6.45, 7) is 96.2. The maximum absolute atomic E-state index is 7.06. The predicted molar refractivity (Wildman–Crippen MR) is 608 cm³/mol. The molecule has 3 aromatic rings. The lowest BCUT2D eigenvalue weighted by molar-refractivity contribution is -0.283. The Bertz CT molecular complexity index is 3910. The van der Waals surface area contributed by atoms with Crippen molar-refractivity contribution in [1.82, 2.24) is 70.2 Å². The van der Waals surface area contributed by atoms with Crippen molar-refractivity contribution in [1.29, 1.82) is 0 Å². The number of aromatic nitrogens is 9. The first-order chi connectivity index (χ1) is 68.2. The van der Waals surface area contributed by atoms with Gasteiger partial charge >= 0.3 is 0 Å². The third-order valence-corrected chi connectivity index (χ3v) is 31.3. The lowest BCUT2D eigenvalue weighted by atomic mass is 9.77. The zero-order chi connectivity index (χ0) is 106. The minimum atomic E-state index is -0.420. The number of hydrogen-bond donors (Lipinski definition) is 0. The van der Waals surface area contributed by atoms with Crippen LogP contribution in [0.25, 0.3) is 0 Å². The van der Waals surface area contributed by atoms with Gasteiger partial charge in [-0.2, -0.15) is 70.2 Å². The summed E-state index contributed by atoms with van der Waals surface area (Å²) in [5.74, 6) is 7.07. The topological polar surface area (TPSA) is 208 Å². The molecule has 0 radical (unpaired) electrons. The second-order valence-electron chi connectivity index (χ2n) is 50.5. The second kappa shape index (κ2) is 57.5. The average molecular weight is 2020 g/mol. The van der Waals surface area contributed by atoms with E-state index in [-0.39, 0.29) is 80.6 Å². The normalized spacial score (nSPS) is 20.2. The Balaban J connectivity index is 1.37. The Morgan fingerprint density at radius 3 is 0.590 bits per heavy atom. The van der Waals surface area contributed by atoms with Crippen molar-refractivity contribution in [2.24, 2.45) is 0 Å². The summed E-state index contributed by atoms with van der Waals surface area (Å²) in [4.78, 5) is 112. The van der Waals surface area contributed by atoms with Crippen molar-refractivity contribution in [3.63, 3.8) is 0 Å². The number of hydroxylamine groups is 10. The van der Waals surface area contributed by atoms with Gasteiger partial charge in [-0.3, -0.25) is 24.2 Å². The summed E-state index contributed by atoms with van der Waals surface area (Å²) in [6, 6.07) is -0.0693. The summed E-state index contributed by atoms with van der Waals surface area (Å²) in [5, 5.41) is 11.8. The van der Waals surface area contributed by atoms with Crippen LogP contribution in [0.5, 0.6) is 0 Å². The molecule has 144 heavy (non-hydrogen) atoms. The van der Waals surface area contributed by atoms with Crippen LogP contribution in [0.3, 0.4) is 0 Å². The van der Waals surface area contributed by atoms with Gasteiger partial charge in [-0.25, -0.2) is 0 Å². The van der Waals surface area contributed by atoms with Gasteiger partial charge in [0.1, 0.15) is 0 Å². The van der Waals surface area contributed by atoms with Gasteiger partial charge in [0.25, 0.3) is 0 Å². The number of nitrogens with zero attached hydrogens (tertiary/aromatic N) is 23. The van der Waals surface area contributed by atoms with Crippen molar-refractivity contribution in [2.75, 3.05) is 156 Å². The first-order valence-electron chi connectivity index (χ1n) is 59.5. The van der Waals surface area contributed by atoms with Gasteiger partial charge in [0, 0.05) is 170 Å². The molecule has 5 aliphatic heterocycles. The number of hydrogen-bond acceptors (Lipinski definition) is 28. The van der Waals surface area contributed by atoms with E-state index in [4.69, 9.17) is 69.0 Å². The monoisotopic (exact) mass is 2020 g/mol. The number of piperidine rings is 5. The van der Waals surface area contributed by atoms with Gasteiger partial charge in [0.2, 0.25) is 53.5 Å². The fraction of sp³-hybridized carbons (Fsp3) is 0.922. The molecular formula is C116H223N23O5. The SMILES string of the molecule is CCCCN(CCCC)c1nc(N(CCCC)CCCC)nc(N(CCCCCCCCN(c2nc(N(CCCC)C3CC(C)(C)N(OCCC)C(C)(C)C3)nc(N(C(C)CN(c3nc(N(CCCC)CCCC)nc(N(CCCC)CCCC)n3)C3CC(C)(C)N(OCCC)C(C)(C)C3)C3CC(C)(C)N(OCCC)C(C)(C)C3)n2)C2CC(C)(C)N(OCCC)C(C)(C)C2)C2CC(C)(C)N(OCCC)C(C)(C)C2)n1. The molecule has 5 saturated heterocycles. The van der Waals surface area contributed by atoms with E-state index in [9.17, 15) is 0 Å². The third-order valence-electron chi connectivity index (χ3n) is 31.3. The molecule has 0 N–H and O–H groups in total. The molecular weight excluding hydrogens is 1800 g/mol. The Morgan fingerprint density at radius 1 is 0.208 bits per heavy atom. The number of anilines is 9. The molecule has 0 spiro atoms. The molecule has 1 unspecified atom stereocenters. The van der Waals surface area contributed by atoms with Crippen LogP contribution in [-0.4, -0.2) is 273 Å². The van der Waals surface area contributed by atoms with Crippen LogP contribution in [-0.2, 0) is 24.2 Å². The van der Waals surface area contributed by atoms with Gasteiger partial charge in [0.05, 0.1) is 33.0 Å². The fourth-order valence-corrected chi connectivity index (χ4v) is 25.5. The van der Waals surface area contributed by atoms with Crippen LogP contribution < -0.4 is 44.1 Å². The van der Waals surface area contributed by atoms with Crippen molar-refractivity contribution < 1.29 is 24.2 Å². The van der Waals surface area contributed by atoms with Crippen molar-refractivity contribution >= 4 is 53.5 Å². The minimum Gasteiger partial charge on any atom is -0.341 e. The van der Waals surface area contributed by atoms with E-state index < -0.39 is 11.1 Å². The standard InChI is InChI=1S/C116H223N23O5/c1-36-50-65-126(66-51-37-2)98-117-99(127(67-52-38-3)68-53-39-4)120-102(119-98)131(94-83-109(20,21)136(141-77-46-11)110(22,23)84-94)74-63-61-59-60-62-64-75-132(95-85-111(24,25)137(142-78-47-12)112(26,27)86-95)104-123-103(130(73-58-44-9)93-81-107(16,17)135(140-76-45-10)108(18,19)82-93)124-106(125-104)134(97-89-115(32,33)139(144-80-49-14)116(34,35)90-97)92(15)91-133(96-87-113(28,29)138(143-79-48-13)114(30,31)88-96)105-121-100(128(69-54-40-5)70-55-41-6)118-101(122-105)129(71-56-42-7)72-57-43-8/h92-97H,36-91H2,1-35H3. The number of unbranched alkanes of at least 4 members (excludes halogenated alkanes) is 14. The van der Waals surface area contributed by atoms with Crippen LogP contribution in [0.15, 0.2) is 0 Å². The molecule has 0 aliphatic carbocycles.